The van der Waals surface area contributed by atoms with Gasteiger partial charge < -0.3 is 5.32 Å². The number of thiophene rings is 1. The Hall–Kier alpha value is -0.960. The summed E-state index contributed by atoms with van der Waals surface area (Å²) in [5.41, 5.74) is 0.953. The van der Waals surface area contributed by atoms with E-state index in [1.807, 2.05) is 19.2 Å². The van der Waals surface area contributed by atoms with E-state index in [1.165, 1.54) is 17.5 Å². The zero-order chi connectivity index (χ0) is 15.5. The van der Waals surface area contributed by atoms with E-state index >= 15 is 0 Å². The average molecular weight is 390 g/mol. The molecule has 0 saturated heterocycles. The summed E-state index contributed by atoms with van der Waals surface area (Å²) in [7, 11) is -3.61. The fourth-order valence-electron chi connectivity index (χ4n) is 1.55. The molecule has 2 aromatic rings. The normalized spacial score (nSPS) is 11.8. The Labute approximate surface area is 137 Å². The van der Waals surface area contributed by atoms with Crippen LogP contribution in [0.25, 0.3) is 0 Å². The summed E-state index contributed by atoms with van der Waals surface area (Å²) in [6.45, 7) is 4.74. The van der Waals surface area contributed by atoms with Gasteiger partial charge in [0.25, 0.3) is 10.0 Å². The van der Waals surface area contributed by atoms with E-state index in [0.717, 1.165) is 5.56 Å². The van der Waals surface area contributed by atoms with Gasteiger partial charge in [-0.25, -0.2) is 13.4 Å². The predicted octanol–water partition coefficient (Wildman–Crippen LogP) is 3.20. The largest absolute Gasteiger partial charge is 0.310 e. The van der Waals surface area contributed by atoms with Crippen LogP contribution in [0, 0.1) is 0 Å². The number of anilines is 1. The quantitative estimate of drug-likeness (QED) is 0.795. The Morgan fingerprint density at radius 1 is 1.43 bits per heavy atom. The second-order valence-corrected chi connectivity index (χ2v) is 8.42. The maximum absolute atomic E-state index is 12.3. The Bertz CT molecular complexity index is 714. The van der Waals surface area contributed by atoms with Gasteiger partial charge in [0.1, 0.15) is 4.21 Å². The highest BCUT2D eigenvalue weighted by Crippen LogP contribution is 2.25. The van der Waals surface area contributed by atoms with Crippen LogP contribution in [0.1, 0.15) is 19.4 Å². The van der Waals surface area contributed by atoms with Gasteiger partial charge in [-0.15, -0.1) is 11.3 Å². The summed E-state index contributed by atoms with van der Waals surface area (Å²) in [5, 5.41) is 5.10. The molecular weight excluding hydrogens is 374 g/mol. The summed E-state index contributed by atoms with van der Waals surface area (Å²) in [6, 6.07) is 5.49. The molecule has 0 saturated carbocycles. The predicted molar refractivity (Wildman–Crippen MR) is 89.0 cm³/mol. The highest BCUT2D eigenvalue weighted by Gasteiger charge is 2.18. The molecule has 2 N–H and O–H groups in total. The minimum absolute atomic E-state index is 0.278. The standard InChI is InChI=1S/C13H16BrN3O2S2/c1-9(2)16-7-10-6-12(20-8-10)21(18,19)17-13-11(14)4-3-5-15-13/h3-6,8-9,16H,7H2,1-2H3,(H,15,17). The third kappa shape index (κ3) is 4.50. The number of nitrogens with one attached hydrogen (secondary N) is 2. The van der Waals surface area contributed by atoms with E-state index in [2.05, 4.69) is 31.0 Å². The van der Waals surface area contributed by atoms with Gasteiger partial charge in [0.05, 0.1) is 4.47 Å². The zero-order valence-corrected chi connectivity index (χ0v) is 14.8. The minimum atomic E-state index is -3.61. The van der Waals surface area contributed by atoms with Crippen LogP contribution in [0.5, 0.6) is 0 Å². The lowest BCUT2D eigenvalue weighted by atomic mass is 10.3. The van der Waals surface area contributed by atoms with Gasteiger partial charge in [0.2, 0.25) is 0 Å². The smallest absolute Gasteiger partial charge is 0.272 e. The molecule has 0 aliphatic rings. The Balaban J connectivity index is 2.15. The summed E-state index contributed by atoms with van der Waals surface area (Å²) in [5.74, 6) is 0.285. The van der Waals surface area contributed by atoms with E-state index in [4.69, 9.17) is 0 Å². The molecule has 0 aliphatic heterocycles. The lowest BCUT2D eigenvalue weighted by Crippen LogP contribution is -2.21. The van der Waals surface area contributed by atoms with Crippen LogP contribution in [0.2, 0.25) is 0 Å². The molecule has 0 unspecified atom stereocenters. The minimum Gasteiger partial charge on any atom is -0.310 e. The molecule has 0 fully saturated rings. The van der Waals surface area contributed by atoms with Gasteiger partial charge in [-0.05, 0) is 45.1 Å². The van der Waals surface area contributed by atoms with Crippen molar-refractivity contribution in [2.45, 2.75) is 30.6 Å². The first-order chi connectivity index (χ1) is 9.88. The molecule has 0 atom stereocenters. The lowest BCUT2D eigenvalue weighted by molar-refractivity contribution is 0.589. The number of hydrogen-bond acceptors (Lipinski definition) is 5. The molecule has 0 aliphatic carbocycles. The molecule has 8 heteroatoms. The highest BCUT2D eigenvalue weighted by molar-refractivity contribution is 9.10. The Morgan fingerprint density at radius 2 is 2.19 bits per heavy atom. The van der Waals surface area contributed by atoms with Crippen LogP contribution in [-0.2, 0) is 16.6 Å². The van der Waals surface area contributed by atoms with Gasteiger partial charge in [0, 0.05) is 18.8 Å². The van der Waals surface area contributed by atoms with Crippen molar-refractivity contribution in [3.63, 3.8) is 0 Å². The van der Waals surface area contributed by atoms with Crippen LogP contribution in [0.3, 0.4) is 0 Å². The monoisotopic (exact) mass is 389 g/mol. The van der Waals surface area contributed by atoms with Crippen molar-refractivity contribution in [1.82, 2.24) is 10.3 Å². The molecule has 0 amide bonds. The molecule has 0 spiro atoms. The van der Waals surface area contributed by atoms with Crippen molar-refractivity contribution in [2.75, 3.05) is 4.72 Å². The molecule has 114 valence electrons. The van der Waals surface area contributed by atoms with Crippen LogP contribution in [0.15, 0.2) is 38.5 Å². The van der Waals surface area contributed by atoms with Gasteiger partial charge in [-0.2, -0.15) is 0 Å². The average Bonchev–Trinajstić information content (AvgIpc) is 2.88. The second kappa shape index (κ2) is 6.87. The number of nitrogens with zero attached hydrogens (tertiary/aromatic N) is 1. The second-order valence-electron chi connectivity index (χ2n) is 4.75. The maximum atomic E-state index is 12.3. The number of halogens is 1. The number of sulfonamides is 1. The van der Waals surface area contributed by atoms with Gasteiger partial charge in [0.15, 0.2) is 5.82 Å². The lowest BCUT2D eigenvalue weighted by Gasteiger charge is -2.07. The van der Waals surface area contributed by atoms with E-state index in [-0.39, 0.29) is 10.0 Å². The van der Waals surface area contributed by atoms with Crippen LogP contribution in [-0.4, -0.2) is 19.4 Å². The third-order valence-corrected chi connectivity index (χ3v) is 6.07. The zero-order valence-electron chi connectivity index (χ0n) is 11.6. The van der Waals surface area contributed by atoms with Crippen molar-refractivity contribution in [1.29, 1.82) is 0 Å². The molecule has 21 heavy (non-hydrogen) atoms. The third-order valence-electron chi connectivity index (χ3n) is 2.60. The topological polar surface area (TPSA) is 71.1 Å². The SMILES string of the molecule is CC(C)NCc1csc(S(=O)(=O)Nc2ncccc2Br)c1. The van der Waals surface area contributed by atoms with Crippen LogP contribution in [0.4, 0.5) is 5.82 Å². The first-order valence-corrected chi connectivity index (χ1v) is 9.48. The maximum Gasteiger partial charge on any atom is 0.272 e. The first-order valence-electron chi connectivity index (χ1n) is 6.32. The van der Waals surface area contributed by atoms with Crippen molar-refractivity contribution in [2.24, 2.45) is 0 Å². The molecule has 2 rings (SSSR count). The Kier molecular flexibility index (Phi) is 5.37. The number of aromatic nitrogens is 1. The van der Waals surface area contributed by atoms with Gasteiger partial charge in [-0.1, -0.05) is 13.8 Å². The molecular formula is C13H16BrN3O2S2. The highest BCUT2D eigenvalue weighted by atomic mass is 79.9. The van der Waals surface area contributed by atoms with E-state index in [9.17, 15) is 8.42 Å². The van der Waals surface area contributed by atoms with Crippen molar-refractivity contribution < 1.29 is 8.42 Å². The first kappa shape index (κ1) is 16.4. The van der Waals surface area contributed by atoms with Gasteiger partial charge >= 0.3 is 0 Å². The van der Waals surface area contributed by atoms with Crippen molar-refractivity contribution in [3.05, 3.63) is 39.8 Å². The fraction of sp³-hybridized carbons (Fsp3) is 0.308. The summed E-state index contributed by atoms with van der Waals surface area (Å²) < 4.78 is 28.0. The van der Waals surface area contributed by atoms with E-state index < -0.39 is 10.0 Å². The van der Waals surface area contributed by atoms with Crippen LogP contribution < -0.4 is 10.0 Å². The molecule has 0 radical (unpaired) electrons. The summed E-state index contributed by atoms with van der Waals surface area (Å²) >= 11 is 4.47. The van der Waals surface area contributed by atoms with Crippen molar-refractivity contribution >= 4 is 43.1 Å². The number of hydrogen-bond donors (Lipinski definition) is 2. The van der Waals surface area contributed by atoms with Crippen molar-refractivity contribution in [3.8, 4) is 0 Å². The summed E-state index contributed by atoms with van der Waals surface area (Å²) in [6.07, 6.45) is 1.54. The number of pyridine rings is 1. The molecule has 0 aromatic carbocycles. The molecule has 2 aromatic heterocycles. The van der Waals surface area contributed by atoms with E-state index in [0.29, 0.717) is 17.1 Å². The molecule has 0 bridgehead atoms. The summed E-state index contributed by atoms with van der Waals surface area (Å²) in [4.78, 5) is 4.01. The molecule has 2 heterocycles. The van der Waals surface area contributed by atoms with E-state index in [1.54, 1.807) is 18.2 Å². The van der Waals surface area contributed by atoms with Gasteiger partial charge in [-0.3, -0.25) is 4.72 Å². The van der Waals surface area contributed by atoms with Crippen LogP contribution >= 0.6 is 27.3 Å². The fourth-order valence-corrected chi connectivity index (χ4v) is 4.27. The Morgan fingerprint density at radius 3 is 2.86 bits per heavy atom. The molecule has 5 nitrogen and oxygen atoms in total. The number of rotatable bonds is 6.